The van der Waals surface area contributed by atoms with Gasteiger partial charge in [-0.1, -0.05) is 17.3 Å². The Morgan fingerprint density at radius 1 is 1.22 bits per heavy atom. The van der Waals surface area contributed by atoms with Crippen LogP contribution >= 0.6 is 0 Å². The molecule has 0 spiro atoms. The highest BCUT2D eigenvalue weighted by atomic mass is 32.2. The van der Waals surface area contributed by atoms with Crippen molar-refractivity contribution < 1.29 is 27.2 Å². The van der Waals surface area contributed by atoms with Crippen molar-refractivity contribution in [3.05, 3.63) is 46.8 Å². The van der Waals surface area contributed by atoms with Crippen molar-refractivity contribution in [3.8, 4) is 5.75 Å². The number of carbonyl (C=O) groups is 1. The summed E-state index contributed by atoms with van der Waals surface area (Å²) in [6, 6.07) is 7.36. The Morgan fingerprint density at radius 3 is 2.59 bits per heavy atom. The van der Waals surface area contributed by atoms with E-state index >= 15 is 0 Å². The van der Waals surface area contributed by atoms with Crippen molar-refractivity contribution in [2.24, 2.45) is 0 Å². The minimum atomic E-state index is -2.97. The summed E-state index contributed by atoms with van der Waals surface area (Å²) < 4.78 is 38.6. The number of rotatable bonds is 7. The molecule has 1 aliphatic heterocycles. The zero-order chi connectivity index (χ0) is 19.7. The van der Waals surface area contributed by atoms with Crippen LogP contribution in [0, 0.1) is 0 Å². The van der Waals surface area contributed by atoms with Gasteiger partial charge in [-0.05, 0) is 38.0 Å². The van der Waals surface area contributed by atoms with Crippen molar-refractivity contribution in [1.29, 1.82) is 0 Å². The van der Waals surface area contributed by atoms with Gasteiger partial charge >= 0.3 is 5.97 Å². The highest BCUT2D eigenvalue weighted by molar-refractivity contribution is 7.90. The third-order valence-electron chi connectivity index (χ3n) is 4.22. The Balaban J connectivity index is 1.61. The molecule has 0 saturated carbocycles. The first-order chi connectivity index (χ1) is 12.6. The van der Waals surface area contributed by atoms with Crippen LogP contribution in [0.2, 0.25) is 0 Å². The van der Waals surface area contributed by atoms with Gasteiger partial charge in [0.15, 0.2) is 5.76 Å². The van der Waals surface area contributed by atoms with Crippen molar-refractivity contribution in [1.82, 2.24) is 5.16 Å². The number of fused-ring (bicyclic) bond motifs is 1. The molecule has 1 aromatic heterocycles. The lowest BCUT2D eigenvalue weighted by Gasteiger charge is -2.28. The van der Waals surface area contributed by atoms with Gasteiger partial charge in [0.25, 0.3) is 0 Å². The predicted octanol–water partition coefficient (Wildman–Crippen LogP) is 2.57. The Labute approximate surface area is 158 Å². The van der Waals surface area contributed by atoms with Gasteiger partial charge in [0.2, 0.25) is 0 Å². The van der Waals surface area contributed by atoms with Gasteiger partial charge in [0.05, 0.1) is 12.4 Å². The number of esters is 1. The summed E-state index contributed by atoms with van der Waals surface area (Å²) in [5.41, 5.74) is 1.43. The maximum atomic E-state index is 12.3. The predicted molar refractivity (Wildman–Crippen MR) is 98.8 cm³/mol. The first kappa shape index (κ1) is 19.4. The number of benzene rings is 1. The van der Waals surface area contributed by atoms with Crippen LogP contribution in [-0.2, 0) is 27.4 Å². The van der Waals surface area contributed by atoms with Crippen LogP contribution in [0.4, 0.5) is 0 Å². The molecule has 0 N–H and O–H groups in total. The number of hydrogen-bond acceptors (Lipinski definition) is 7. The summed E-state index contributed by atoms with van der Waals surface area (Å²) in [7, 11) is -2.97. The van der Waals surface area contributed by atoms with Crippen molar-refractivity contribution in [3.63, 3.8) is 0 Å². The van der Waals surface area contributed by atoms with E-state index in [-0.39, 0.29) is 5.75 Å². The molecule has 0 fully saturated rings. The number of sulfone groups is 1. The van der Waals surface area contributed by atoms with Gasteiger partial charge in [0.1, 0.15) is 32.4 Å². The third kappa shape index (κ3) is 5.09. The normalized spacial score (nSPS) is 15.9. The minimum absolute atomic E-state index is 0.106. The third-order valence-corrected chi connectivity index (χ3v) is 5.25. The Kier molecular flexibility index (Phi) is 5.28. The van der Waals surface area contributed by atoms with Crippen molar-refractivity contribution in [2.75, 3.05) is 18.6 Å². The molecule has 7 nitrogen and oxygen atoms in total. The molecule has 0 bridgehead atoms. The van der Waals surface area contributed by atoms with Crippen LogP contribution in [0.1, 0.15) is 47.6 Å². The van der Waals surface area contributed by atoms with Crippen LogP contribution in [0.15, 0.2) is 28.8 Å². The molecular weight excluding hydrogens is 370 g/mol. The fourth-order valence-electron chi connectivity index (χ4n) is 2.98. The van der Waals surface area contributed by atoms with Crippen LogP contribution in [-0.4, -0.2) is 43.8 Å². The fraction of sp³-hybridized carbons (Fsp3) is 0.474. The van der Waals surface area contributed by atoms with Gasteiger partial charge in [0, 0.05) is 19.1 Å². The van der Waals surface area contributed by atoms with E-state index in [0.29, 0.717) is 48.6 Å². The number of nitrogens with zero attached hydrogens (tertiary/aromatic N) is 1. The molecule has 0 aliphatic carbocycles. The quantitative estimate of drug-likeness (QED) is 0.527. The zero-order valence-corrected chi connectivity index (χ0v) is 16.5. The zero-order valence-electron chi connectivity index (χ0n) is 15.6. The summed E-state index contributed by atoms with van der Waals surface area (Å²) in [5.74, 6) is 0.859. The molecule has 0 atom stereocenters. The topological polar surface area (TPSA) is 95.7 Å². The van der Waals surface area contributed by atoms with E-state index in [0.717, 1.165) is 5.56 Å². The average molecular weight is 393 g/mol. The Morgan fingerprint density at radius 2 is 1.93 bits per heavy atom. The van der Waals surface area contributed by atoms with E-state index in [2.05, 4.69) is 5.16 Å². The Hall–Kier alpha value is -2.35. The van der Waals surface area contributed by atoms with Gasteiger partial charge in [-0.2, -0.15) is 0 Å². The van der Waals surface area contributed by atoms with Crippen LogP contribution in [0.3, 0.4) is 0 Å². The summed E-state index contributed by atoms with van der Waals surface area (Å²) in [6.07, 6.45) is 2.61. The van der Waals surface area contributed by atoms with Gasteiger partial charge in [-0.3, -0.25) is 0 Å². The number of cyclic esters (lactones) is 1. The smallest absolute Gasteiger partial charge is 0.344 e. The number of carbonyl (C=O) groups excluding carboxylic acids is 1. The average Bonchev–Trinajstić information content (AvgIpc) is 2.93. The van der Waals surface area contributed by atoms with E-state index in [1.807, 2.05) is 26.0 Å². The number of ether oxygens (including phenoxy) is 2. The monoisotopic (exact) mass is 393 g/mol. The molecule has 0 saturated heterocycles. The molecule has 2 heterocycles. The second-order valence-corrected chi connectivity index (χ2v) is 9.67. The molecule has 0 radical (unpaired) electrons. The van der Waals surface area contributed by atoms with E-state index in [4.69, 9.17) is 14.0 Å². The minimum Gasteiger partial charge on any atom is -0.494 e. The van der Waals surface area contributed by atoms with Crippen molar-refractivity contribution >= 4 is 15.8 Å². The molecule has 2 aromatic rings. The molecule has 0 amide bonds. The standard InChI is InChI=1S/C19H23NO6S/c1-19(2)12-15-17(18(21)25-19)16(26-20-15)11-13-5-7-14(8-6-13)24-9-4-10-27(3,22)23/h5-8H,4,9-12H2,1-3H3. The first-order valence-electron chi connectivity index (χ1n) is 8.73. The van der Waals surface area contributed by atoms with E-state index in [1.165, 1.54) is 6.26 Å². The van der Waals surface area contributed by atoms with Crippen molar-refractivity contribution in [2.45, 2.75) is 38.7 Å². The van der Waals surface area contributed by atoms with Gasteiger partial charge in [-0.15, -0.1) is 0 Å². The summed E-state index contributed by atoms with van der Waals surface area (Å²) in [5, 5.41) is 4.04. The molecule has 146 valence electrons. The van der Waals surface area contributed by atoms with Crippen LogP contribution in [0.25, 0.3) is 0 Å². The first-order valence-corrected chi connectivity index (χ1v) is 10.8. The van der Waals surface area contributed by atoms with Crippen LogP contribution < -0.4 is 4.74 Å². The number of hydrogen-bond donors (Lipinski definition) is 0. The van der Waals surface area contributed by atoms with Crippen LogP contribution in [0.5, 0.6) is 5.75 Å². The lowest BCUT2D eigenvalue weighted by Crippen LogP contribution is -2.36. The number of aromatic nitrogens is 1. The van der Waals surface area contributed by atoms with E-state index in [9.17, 15) is 13.2 Å². The van der Waals surface area contributed by atoms with Gasteiger partial charge in [-0.25, -0.2) is 13.2 Å². The largest absolute Gasteiger partial charge is 0.494 e. The molecule has 0 unspecified atom stereocenters. The maximum absolute atomic E-state index is 12.3. The molecule has 1 aromatic carbocycles. The highest BCUT2D eigenvalue weighted by Crippen LogP contribution is 2.30. The lowest BCUT2D eigenvalue weighted by molar-refractivity contribution is -0.00700. The summed E-state index contributed by atoms with van der Waals surface area (Å²) >= 11 is 0. The summed E-state index contributed by atoms with van der Waals surface area (Å²) in [6.45, 7) is 4.03. The second kappa shape index (κ2) is 7.34. The Bertz CT molecular complexity index is 928. The molecular formula is C19H23NO6S. The maximum Gasteiger partial charge on any atom is 0.344 e. The molecule has 8 heteroatoms. The highest BCUT2D eigenvalue weighted by Gasteiger charge is 2.37. The lowest BCUT2D eigenvalue weighted by atomic mass is 9.94. The van der Waals surface area contributed by atoms with E-state index < -0.39 is 21.4 Å². The van der Waals surface area contributed by atoms with Gasteiger partial charge < -0.3 is 14.0 Å². The fourth-order valence-corrected chi connectivity index (χ4v) is 3.62. The second-order valence-electron chi connectivity index (χ2n) is 7.41. The molecule has 3 rings (SSSR count). The molecule has 1 aliphatic rings. The molecule has 27 heavy (non-hydrogen) atoms. The summed E-state index contributed by atoms with van der Waals surface area (Å²) in [4.78, 5) is 12.3. The SMILES string of the molecule is CC1(C)Cc2noc(Cc3ccc(OCCCS(C)(=O)=O)cc3)c2C(=O)O1. The van der Waals surface area contributed by atoms with E-state index in [1.54, 1.807) is 12.1 Å².